The van der Waals surface area contributed by atoms with Crippen molar-refractivity contribution in [1.82, 2.24) is 14.7 Å². The highest BCUT2D eigenvalue weighted by Gasteiger charge is 2.48. The summed E-state index contributed by atoms with van der Waals surface area (Å²) in [7, 11) is 0. The number of carbonyl (C=O) groups is 1. The van der Waals surface area contributed by atoms with Crippen LogP contribution in [0.4, 0.5) is 19.0 Å². The summed E-state index contributed by atoms with van der Waals surface area (Å²) in [5, 5.41) is 6.99. The van der Waals surface area contributed by atoms with Crippen LogP contribution in [0, 0.1) is 0 Å². The van der Waals surface area contributed by atoms with E-state index in [4.69, 9.17) is 4.42 Å². The number of anilines is 1. The summed E-state index contributed by atoms with van der Waals surface area (Å²) in [4.78, 5) is 14.9. The fraction of sp³-hybridized carbons (Fsp3) is 0.333. The van der Waals surface area contributed by atoms with Gasteiger partial charge in [-0.25, -0.2) is 4.68 Å². The Morgan fingerprint density at radius 3 is 2.70 bits per heavy atom. The summed E-state index contributed by atoms with van der Waals surface area (Å²) < 4.78 is 47.5. The average molecular weight is 416 g/mol. The van der Waals surface area contributed by atoms with E-state index in [9.17, 15) is 18.0 Å². The lowest BCUT2D eigenvalue weighted by molar-refractivity contribution is -0.174. The Hall–Kier alpha value is -3.23. The van der Waals surface area contributed by atoms with Gasteiger partial charge in [0.15, 0.2) is 6.04 Å². The Kier molecular flexibility index (Phi) is 4.34. The molecule has 0 fully saturated rings. The second kappa shape index (κ2) is 6.93. The van der Waals surface area contributed by atoms with E-state index in [1.807, 2.05) is 24.3 Å². The number of benzene rings is 1. The molecule has 0 aliphatic carbocycles. The minimum absolute atomic E-state index is 0.0776. The molecule has 1 aromatic carbocycles. The number of fused-ring (bicyclic) bond motifs is 2. The molecular weight excluding hydrogens is 397 g/mol. The Bertz CT molecular complexity index is 1070. The smallest absolute Gasteiger partial charge is 0.410 e. The zero-order chi connectivity index (χ0) is 20.9. The third-order valence-corrected chi connectivity index (χ3v) is 5.77. The molecule has 1 amide bonds. The van der Waals surface area contributed by atoms with Gasteiger partial charge >= 0.3 is 6.18 Å². The van der Waals surface area contributed by atoms with Gasteiger partial charge in [0.25, 0.3) is 5.91 Å². The molecule has 0 bridgehead atoms. The van der Waals surface area contributed by atoms with E-state index >= 15 is 0 Å². The fourth-order valence-corrected chi connectivity index (χ4v) is 4.23. The number of alkyl halides is 3. The Labute approximate surface area is 170 Å². The van der Waals surface area contributed by atoms with Gasteiger partial charge in [0.05, 0.1) is 18.5 Å². The van der Waals surface area contributed by atoms with Crippen molar-refractivity contribution in [3.63, 3.8) is 0 Å². The van der Waals surface area contributed by atoms with E-state index in [1.165, 1.54) is 18.0 Å². The summed E-state index contributed by atoms with van der Waals surface area (Å²) in [6, 6.07) is 8.58. The van der Waals surface area contributed by atoms with Crippen LogP contribution in [0.2, 0.25) is 0 Å². The lowest BCUT2D eigenvalue weighted by Crippen LogP contribution is -2.38. The van der Waals surface area contributed by atoms with Crippen LogP contribution in [0.1, 0.15) is 45.7 Å². The monoisotopic (exact) mass is 416 g/mol. The van der Waals surface area contributed by atoms with E-state index in [2.05, 4.69) is 10.4 Å². The van der Waals surface area contributed by atoms with Crippen molar-refractivity contribution < 1.29 is 22.4 Å². The van der Waals surface area contributed by atoms with E-state index in [0.717, 1.165) is 10.2 Å². The molecule has 5 rings (SSSR count). The Morgan fingerprint density at radius 1 is 1.17 bits per heavy atom. The number of hydrogen-bond acceptors (Lipinski definition) is 4. The van der Waals surface area contributed by atoms with Crippen LogP contribution < -0.4 is 5.32 Å². The minimum Gasteiger partial charge on any atom is -0.467 e. The number of hydrogen-bond donors (Lipinski definition) is 1. The molecule has 2 atom stereocenters. The maximum Gasteiger partial charge on any atom is 0.410 e. The summed E-state index contributed by atoms with van der Waals surface area (Å²) in [6.45, 7) is 0.925. The third-order valence-electron chi connectivity index (χ3n) is 5.77. The zero-order valence-electron chi connectivity index (χ0n) is 15.9. The SMILES string of the molecule is O=C(c1cnn2c1N[C@@H](c1ccco1)C[C@H]2C(F)(F)F)N1CCc2ccccc2C1. The predicted molar refractivity (Wildman–Crippen MR) is 102 cm³/mol. The van der Waals surface area contributed by atoms with Gasteiger partial charge in [-0.15, -0.1) is 0 Å². The van der Waals surface area contributed by atoms with E-state index in [-0.39, 0.29) is 23.7 Å². The average Bonchev–Trinajstić information content (AvgIpc) is 3.41. The number of rotatable bonds is 2. The molecule has 1 N–H and O–H groups in total. The van der Waals surface area contributed by atoms with Gasteiger partial charge in [-0.2, -0.15) is 18.3 Å². The normalized spacial score (nSPS) is 21.0. The topological polar surface area (TPSA) is 63.3 Å². The molecule has 4 heterocycles. The van der Waals surface area contributed by atoms with E-state index in [1.54, 1.807) is 17.0 Å². The molecule has 30 heavy (non-hydrogen) atoms. The molecule has 0 unspecified atom stereocenters. The molecule has 2 aromatic heterocycles. The number of nitrogens with zero attached hydrogens (tertiary/aromatic N) is 3. The number of aromatic nitrogens is 2. The van der Waals surface area contributed by atoms with Crippen LogP contribution in [-0.4, -0.2) is 33.3 Å². The summed E-state index contributed by atoms with van der Waals surface area (Å²) >= 11 is 0. The number of nitrogens with one attached hydrogen (secondary N) is 1. The van der Waals surface area contributed by atoms with Gasteiger partial charge < -0.3 is 14.6 Å². The molecule has 6 nitrogen and oxygen atoms in total. The standard InChI is InChI=1S/C21H19F3N4O2/c22-21(23,24)18-10-16(17-6-3-9-30-17)26-19-15(11-25-28(18)19)20(29)27-8-7-13-4-1-2-5-14(13)12-27/h1-6,9,11,16,18,26H,7-8,10,12H2/t16-,18+/m1/s1. The molecule has 2 aliphatic heterocycles. The third kappa shape index (κ3) is 3.14. The first-order chi connectivity index (χ1) is 14.4. The maximum absolute atomic E-state index is 13.8. The molecule has 0 radical (unpaired) electrons. The van der Waals surface area contributed by atoms with Gasteiger partial charge in [-0.1, -0.05) is 24.3 Å². The lowest BCUT2D eigenvalue weighted by atomic mass is 9.99. The quantitative estimate of drug-likeness (QED) is 0.675. The first-order valence-electron chi connectivity index (χ1n) is 9.72. The number of amides is 1. The molecule has 0 saturated heterocycles. The van der Waals surface area contributed by atoms with Crippen LogP contribution in [0.5, 0.6) is 0 Å². The second-order valence-corrected chi connectivity index (χ2v) is 7.60. The molecule has 2 aliphatic rings. The molecule has 9 heteroatoms. The summed E-state index contributed by atoms with van der Waals surface area (Å²) in [5.41, 5.74) is 2.37. The van der Waals surface area contributed by atoms with E-state index in [0.29, 0.717) is 25.3 Å². The first-order valence-corrected chi connectivity index (χ1v) is 9.72. The van der Waals surface area contributed by atoms with Crippen molar-refractivity contribution in [1.29, 1.82) is 0 Å². The van der Waals surface area contributed by atoms with Crippen molar-refractivity contribution >= 4 is 11.7 Å². The van der Waals surface area contributed by atoms with Crippen LogP contribution in [0.3, 0.4) is 0 Å². The lowest BCUT2D eigenvalue weighted by Gasteiger charge is -2.33. The molecule has 156 valence electrons. The van der Waals surface area contributed by atoms with E-state index < -0.39 is 18.3 Å². The molecule has 3 aromatic rings. The highest BCUT2D eigenvalue weighted by Crippen LogP contribution is 2.44. The van der Waals surface area contributed by atoms with Crippen molar-refractivity contribution in [2.75, 3.05) is 11.9 Å². The van der Waals surface area contributed by atoms with Crippen molar-refractivity contribution in [3.05, 3.63) is 71.3 Å². The summed E-state index contributed by atoms with van der Waals surface area (Å²) in [5.74, 6) is 0.134. The van der Waals surface area contributed by atoms with Gasteiger partial charge in [-0.3, -0.25) is 4.79 Å². The van der Waals surface area contributed by atoms with Crippen molar-refractivity contribution in [3.8, 4) is 0 Å². The Morgan fingerprint density at radius 2 is 1.97 bits per heavy atom. The van der Waals surface area contributed by atoms with Crippen molar-refractivity contribution in [2.24, 2.45) is 0 Å². The van der Waals surface area contributed by atoms with Gasteiger partial charge in [-0.05, 0) is 29.7 Å². The van der Waals surface area contributed by atoms with Gasteiger partial charge in [0.1, 0.15) is 17.1 Å². The highest BCUT2D eigenvalue weighted by molar-refractivity contribution is 5.99. The minimum atomic E-state index is -4.50. The van der Waals surface area contributed by atoms with Crippen LogP contribution in [0.15, 0.2) is 53.3 Å². The Balaban J connectivity index is 1.48. The van der Waals surface area contributed by atoms with Crippen LogP contribution >= 0.6 is 0 Å². The molecule has 0 saturated carbocycles. The predicted octanol–water partition coefficient (Wildman–Crippen LogP) is 4.33. The highest BCUT2D eigenvalue weighted by atomic mass is 19.4. The first kappa shape index (κ1) is 18.8. The van der Waals surface area contributed by atoms with Gasteiger partial charge in [0.2, 0.25) is 0 Å². The summed E-state index contributed by atoms with van der Waals surface area (Å²) in [6.07, 6.45) is -1.41. The van der Waals surface area contributed by atoms with Crippen LogP contribution in [-0.2, 0) is 13.0 Å². The number of halogens is 3. The number of carbonyl (C=O) groups excluding carboxylic acids is 1. The second-order valence-electron chi connectivity index (χ2n) is 7.60. The van der Waals surface area contributed by atoms with Crippen molar-refractivity contribution in [2.45, 2.75) is 37.6 Å². The fourth-order valence-electron chi connectivity index (χ4n) is 4.23. The number of furan rings is 1. The molecule has 0 spiro atoms. The van der Waals surface area contributed by atoms with Gasteiger partial charge in [0, 0.05) is 19.5 Å². The molecular formula is C21H19F3N4O2. The largest absolute Gasteiger partial charge is 0.467 e. The van der Waals surface area contributed by atoms with Crippen LogP contribution in [0.25, 0.3) is 0 Å². The zero-order valence-corrected chi connectivity index (χ0v) is 15.9. The maximum atomic E-state index is 13.8.